The lowest BCUT2D eigenvalue weighted by Crippen LogP contribution is -2.46. The van der Waals surface area contributed by atoms with Gasteiger partial charge in [-0.25, -0.2) is 0 Å². The van der Waals surface area contributed by atoms with E-state index in [1.54, 1.807) is 36.7 Å². The van der Waals surface area contributed by atoms with E-state index in [9.17, 15) is 9.59 Å². The SMILES string of the molecule is CC(NC(=O)c1ccc(-c2ccncc2)[nH]c1=O)C(C)(C)c1ccccc1. The number of nitrogens with zero attached hydrogens (tertiary/aromatic N) is 1. The van der Waals surface area contributed by atoms with E-state index < -0.39 is 5.56 Å². The van der Waals surface area contributed by atoms with Gasteiger partial charge < -0.3 is 10.3 Å². The van der Waals surface area contributed by atoms with E-state index >= 15 is 0 Å². The molecule has 5 nitrogen and oxygen atoms in total. The highest BCUT2D eigenvalue weighted by molar-refractivity contribution is 5.94. The summed E-state index contributed by atoms with van der Waals surface area (Å²) >= 11 is 0. The molecule has 0 saturated heterocycles. The van der Waals surface area contributed by atoms with Gasteiger partial charge in [0, 0.05) is 35.1 Å². The van der Waals surface area contributed by atoms with E-state index in [0.29, 0.717) is 5.69 Å². The number of aromatic amines is 1. The summed E-state index contributed by atoms with van der Waals surface area (Å²) < 4.78 is 0. The van der Waals surface area contributed by atoms with Gasteiger partial charge in [0.25, 0.3) is 11.5 Å². The van der Waals surface area contributed by atoms with E-state index in [4.69, 9.17) is 0 Å². The molecule has 1 amide bonds. The van der Waals surface area contributed by atoms with E-state index in [2.05, 4.69) is 29.1 Å². The lowest BCUT2D eigenvalue weighted by Gasteiger charge is -2.33. The third kappa shape index (κ3) is 3.97. The second-order valence-electron chi connectivity index (χ2n) is 7.13. The van der Waals surface area contributed by atoms with Crippen LogP contribution in [0, 0.1) is 0 Å². The Bertz CT molecular complexity index is 979. The van der Waals surface area contributed by atoms with Gasteiger partial charge in [0.15, 0.2) is 0 Å². The van der Waals surface area contributed by atoms with Gasteiger partial charge in [-0.15, -0.1) is 0 Å². The third-order valence-corrected chi connectivity index (χ3v) is 5.09. The van der Waals surface area contributed by atoms with Crippen molar-refractivity contribution in [2.24, 2.45) is 0 Å². The number of amides is 1. The number of carbonyl (C=O) groups excluding carboxylic acids is 1. The number of hydrogen-bond donors (Lipinski definition) is 2. The van der Waals surface area contributed by atoms with Gasteiger partial charge in [-0.05, 0) is 36.8 Å². The second-order valence-corrected chi connectivity index (χ2v) is 7.13. The van der Waals surface area contributed by atoms with Crippen molar-refractivity contribution in [2.45, 2.75) is 32.2 Å². The molecule has 0 saturated carbocycles. The molecule has 1 aromatic carbocycles. The van der Waals surface area contributed by atoms with Gasteiger partial charge in [0.05, 0.1) is 0 Å². The molecule has 2 N–H and O–H groups in total. The average Bonchev–Trinajstić information content (AvgIpc) is 2.69. The largest absolute Gasteiger partial charge is 0.349 e. The molecule has 3 rings (SSSR count). The van der Waals surface area contributed by atoms with Gasteiger partial charge >= 0.3 is 0 Å². The predicted molar refractivity (Wildman–Crippen MR) is 107 cm³/mol. The Morgan fingerprint density at radius 3 is 2.33 bits per heavy atom. The number of pyridine rings is 2. The maximum absolute atomic E-state index is 12.7. The summed E-state index contributed by atoms with van der Waals surface area (Å²) in [6.07, 6.45) is 3.31. The van der Waals surface area contributed by atoms with Gasteiger partial charge in [-0.3, -0.25) is 14.6 Å². The summed E-state index contributed by atoms with van der Waals surface area (Å²) in [6, 6.07) is 16.7. The van der Waals surface area contributed by atoms with Crippen LogP contribution in [0.15, 0.2) is 71.8 Å². The number of nitrogens with one attached hydrogen (secondary N) is 2. The lowest BCUT2D eigenvalue weighted by molar-refractivity contribution is 0.0922. The Kier molecular flexibility index (Phi) is 5.21. The number of hydrogen-bond acceptors (Lipinski definition) is 3. The zero-order chi connectivity index (χ0) is 19.4. The van der Waals surface area contributed by atoms with Crippen LogP contribution in [-0.2, 0) is 5.41 Å². The lowest BCUT2D eigenvalue weighted by atomic mass is 9.78. The van der Waals surface area contributed by atoms with E-state index in [1.807, 2.05) is 37.3 Å². The smallest absolute Gasteiger partial charge is 0.261 e. The van der Waals surface area contributed by atoms with Crippen molar-refractivity contribution in [1.29, 1.82) is 0 Å². The first-order valence-corrected chi connectivity index (χ1v) is 8.89. The summed E-state index contributed by atoms with van der Waals surface area (Å²) in [6.45, 7) is 6.10. The van der Waals surface area contributed by atoms with Crippen molar-refractivity contribution < 1.29 is 4.79 Å². The molecule has 1 atom stereocenters. The molecule has 5 heteroatoms. The topological polar surface area (TPSA) is 74.8 Å². The molecule has 3 aromatic rings. The van der Waals surface area contributed by atoms with Gasteiger partial charge in [0.2, 0.25) is 0 Å². The minimum atomic E-state index is -0.411. The molecule has 2 heterocycles. The van der Waals surface area contributed by atoms with Crippen LogP contribution >= 0.6 is 0 Å². The molecular formula is C22H23N3O2. The molecule has 0 fully saturated rings. The van der Waals surface area contributed by atoms with Crippen LogP contribution in [0.5, 0.6) is 0 Å². The quantitative estimate of drug-likeness (QED) is 0.730. The van der Waals surface area contributed by atoms with Crippen LogP contribution in [-0.4, -0.2) is 21.9 Å². The third-order valence-electron chi connectivity index (χ3n) is 5.09. The second kappa shape index (κ2) is 7.58. The Morgan fingerprint density at radius 2 is 1.70 bits per heavy atom. The normalized spacial score (nSPS) is 12.4. The Hall–Kier alpha value is -3.21. The van der Waals surface area contributed by atoms with Crippen molar-refractivity contribution in [3.63, 3.8) is 0 Å². The van der Waals surface area contributed by atoms with Crippen molar-refractivity contribution in [3.8, 4) is 11.3 Å². The summed E-state index contributed by atoms with van der Waals surface area (Å²) in [5.41, 5.74) is 2.03. The van der Waals surface area contributed by atoms with E-state index in [1.165, 1.54) is 0 Å². The number of carbonyl (C=O) groups is 1. The Balaban J connectivity index is 1.79. The van der Waals surface area contributed by atoms with Crippen LogP contribution in [0.25, 0.3) is 11.3 Å². The molecule has 138 valence electrons. The molecule has 27 heavy (non-hydrogen) atoms. The number of rotatable bonds is 5. The van der Waals surface area contributed by atoms with Crippen LogP contribution in [0.1, 0.15) is 36.7 Å². The molecule has 0 bridgehead atoms. The first kappa shape index (κ1) is 18.6. The van der Waals surface area contributed by atoms with Gasteiger partial charge in [-0.2, -0.15) is 0 Å². The highest BCUT2D eigenvalue weighted by Crippen LogP contribution is 2.27. The van der Waals surface area contributed by atoms with Crippen molar-refractivity contribution >= 4 is 5.91 Å². The molecule has 0 aliphatic heterocycles. The molecule has 0 aliphatic rings. The number of H-pyrrole nitrogens is 1. The maximum Gasteiger partial charge on any atom is 0.261 e. The fourth-order valence-corrected chi connectivity index (χ4v) is 2.92. The van der Waals surface area contributed by atoms with Crippen molar-refractivity contribution in [2.75, 3.05) is 0 Å². The Labute approximate surface area is 158 Å². The molecule has 1 unspecified atom stereocenters. The maximum atomic E-state index is 12.7. The fraction of sp³-hybridized carbons (Fsp3) is 0.227. The molecule has 0 radical (unpaired) electrons. The first-order valence-electron chi connectivity index (χ1n) is 8.89. The van der Waals surface area contributed by atoms with Gasteiger partial charge in [-0.1, -0.05) is 44.2 Å². The predicted octanol–water partition coefficient (Wildman–Crippen LogP) is 3.53. The molecule has 0 aliphatic carbocycles. The van der Waals surface area contributed by atoms with Gasteiger partial charge in [0.1, 0.15) is 5.56 Å². The zero-order valence-electron chi connectivity index (χ0n) is 15.7. The average molecular weight is 361 g/mol. The first-order chi connectivity index (χ1) is 12.9. The van der Waals surface area contributed by atoms with Crippen LogP contribution in [0.4, 0.5) is 0 Å². The van der Waals surface area contributed by atoms with Crippen LogP contribution in [0.3, 0.4) is 0 Å². The van der Waals surface area contributed by atoms with Crippen LogP contribution in [0.2, 0.25) is 0 Å². The fourth-order valence-electron chi connectivity index (χ4n) is 2.92. The highest BCUT2D eigenvalue weighted by Gasteiger charge is 2.29. The van der Waals surface area contributed by atoms with Crippen molar-refractivity contribution in [3.05, 3.63) is 88.5 Å². The number of aromatic nitrogens is 2. The van der Waals surface area contributed by atoms with Crippen LogP contribution < -0.4 is 10.9 Å². The molecular weight excluding hydrogens is 338 g/mol. The standard InChI is InChI=1S/C22H23N3O2/c1-15(22(2,3)17-7-5-4-6-8-17)24-20(26)18-9-10-19(25-21(18)27)16-11-13-23-14-12-16/h4-15H,1-3H3,(H,24,26)(H,25,27). The minimum Gasteiger partial charge on any atom is -0.349 e. The summed E-state index contributed by atoms with van der Waals surface area (Å²) in [5, 5.41) is 2.97. The summed E-state index contributed by atoms with van der Waals surface area (Å²) in [5.74, 6) is -0.381. The Morgan fingerprint density at radius 1 is 1.04 bits per heavy atom. The number of benzene rings is 1. The minimum absolute atomic E-state index is 0.100. The van der Waals surface area contributed by atoms with E-state index in [0.717, 1.165) is 11.1 Å². The highest BCUT2D eigenvalue weighted by atomic mass is 16.2. The molecule has 2 aromatic heterocycles. The monoisotopic (exact) mass is 361 g/mol. The summed E-state index contributed by atoms with van der Waals surface area (Å²) in [4.78, 5) is 31.8. The summed E-state index contributed by atoms with van der Waals surface area (Å²) in [7, 11) is 0. The van der Waals surface area contributed by atoms with Crippen molar-refractivity contribution in [1.82, 2.24) is 15.3 Å². The van der Waals surface area contributed by atoms with E-state index in [-0.39, 0.29) is 22.9 Å². The zero-order valence-corrected chi connectivity index (χ0v) is 15.7. The molecule has 0 spiro atoms.